The zero-order valence-electron chi connectivity index (χ0n) is 16.2. The molecule has 0 saturated carbocycles. The van der Waals surface area contributed by atoms with Crippen molar-refractivity contribution in [3.05, 3.63) is 41.5 Å². The van der Waals surface area contributed by atoms with E-state index in [-0.39, 0.29) is 0 Å². The van der Waals surface area contributed by atoms with Crippen LogP contribution >= 0.6 is 11.3 Å². The first-order valence-electron chi connectivity index (χ1n) is 9.48. The number of carboxylic acids is 2. The van der Waals surface area contributed by atoms with E-state index in [4.69, 9.17) is 19.8 Å². The number of anilines is 1. The van der Waals surface area contributed by atoms with Gasteiger partial charge in [0, 0.05) is 24.0 Å². The Balaban J connectivity index is 0.000000353. The maximum Gasteiger partial charge on any atom is 0.414 e. The molecule has 1 aliphatic rings. The van der Waals surface area contributed by atoms with Crippen molar-refractivity contribution < 1.29 is 19.8 Å². The molecule has 0 aliphatic carbocycles. The summed E-state index contributed by atoms with van der Waals surface area (Å²) in [5.74, 6) is -2.53. The smallest absolute Gasteiger partial charge is 0.414 e. The molecule has 152 valence electrons. The van der Waals surface area contributed by atoms with Crippen LogP contribution in [0.15, 0.2) is 36.0 Å². The molecule has 8 heteroatoms. The lowest BCUT2D eigenvalue weighted by atomic mass is 10.0. The van der Waals surface area contributed by atoms with Crippen molar-refractivity contribution in [3.63, 3.8) is 0 Å². The summed E-state index contributed by atoms with van der Waals surface area (Å²) < 4.78 is 0. The minimum atomic E-state index is -1.82. The summed E-state index contributed by atoms with van der Waals surface area (Å²) in [6.07, 6.45) is 6.90. The minimum absolute atomic E-state index is 1.09. The third-order valence-electron chi connectivity index (χ3n) is 4.80. The van der Waals surface area contributed by atoms with E-state index in [1.54, 1.807) is 17.7 Å². The van der Waals surface area contributed by atoms with Crippen LogP contribution in [0, 0.1) is 6.92 Å². The van der Waals surface area contributed by atoms with E-state index in [1.807, 2.05) is 0 Å². The van der Waals surface area contributed by atoms with Gasteiger partial charge in [-0.1, -0.05) is 42.7 Å². The second kappa shape index (κ2) is 9.47. The van der Waals surface area contributed by atoms with Crippen molar-refractivity contribution in [3.8, 4) is 11.1 Å². The van der Waals surface area contributed by atoms with E-state index in [0.29, 0.717) is 0 Å². The molecule has 0 bridgehead atoms. The summed E-state index contributed by atoms with van der Waals surface area (Å²) >= 11 is 1.72. The number of nitrogens with zero attached hydrogens (tertiary/aromatic N) is 3. The molecule has 1 saturated heterocycles. The van der Waals surface area contributed by atoms with Gasteiger partial charge in [0.05, 0.1) is 5.39 Å². The van der Waals surface area contributed by atoms with Crippen LogP contribution in [0.5, 0.6) is 0 Å². The average Bonchev–Trinajstić information content (AvgIpc) is 2.96. The number of carboxylic acid groups (broad SMARTS) is 2. The Morgan fingerprint density at radius 1 is 0.966 bits per heavy atom. The Hall–Kier alpha value is -3.00. The predicted molar refractivity (Wildman–Crippen MR) is 114 cm³/mol. The molecule has 4 rings (SSSR count). The number of hydrogen-bond acceptors (Lipinski definition) is 6. The van der Waals surface area contributed by atoms with Gasteiger partial charge >= 0.3 is 11.9 Å². The zero-order chi connectivity index (χ0) is 20.8. The summed E-state index contributed by atoms with van der Waals surface area (Å²) in [5.41, 5.74) is 3.81. The largest absolute Gasteiger partial charge is 0.473 e. The first-order chi connectivity index (χ1) is 14.0. The third-order valence-corrected chi connectivity index (χ3v) is 5.69. The number of hydrogen-bond donors (Lipinski definition) is 2. The van der Waals surface area contributed by atoms with Gasteiger partial charge in [0.15, 0.2) is 0 Å². The first kappa shape index (κ1) is 20.7. The van der Waals surface area contributed by atoms with Crippen molar-refractivity contribution in [1.29, 1.82) is 0 Å². The van der Waals surface area contributed by atoms with Crippen LogP contribution in [-0.4, -0.2) is 45.2 Å². The molecule has 0 spiro atoms. The second-order valence-electron chi connectivity index (χ2n) is 6.90. The summed E-state index contributed by atoms with van der Waals surface area (Å²) in [6, 6.07) is 8.76. The monoisotopic (exact) mass is 413 g/mol. The Labute approximate surface area is 172 Å². The fourth-order valence-corrected chi connectivity index (χ4v) is 4.24. The predicted octanol–water partition coefficient (Wildman–Crippen LogP) is 4.20. The molecule has 0 amide bonds. The molecule has 1 aliphatic heterocycles. The maximum atomic E-state index is 9.10. The standard InChI is InChI=1S/C19H21N3S.C2H2O4/c1-14-6-8-15(9-7-14)16-12-23-19-17(16)18(20-13-21-19)22-10-4-2-3-5-11-22;3-1(4)2(5)6/h6-9,12-13H,2-5,10-11H2,1H3;(H,3,4)(H,5,6). The van der Waals surface area contributed by atoms with Crippen LogP contribution < -0.4 is 4.90 Å². The SMILES string of the molecule is Cc1ccc(-c2csc3ncnc(N4CCCCCC4)c23)cc1.O=C(O)C(=O)O. The van der Waals surface area contributed by atoms with Crippen LogP contribution in [0.25, 0.3) is 21.3 Å². The minimum Gasteiger partial charge on any atom is -0.473 e. The lowest BCUT2D eigenvalue weighted by Gasteiger charge is -2.22. The third kappa shape index (κ3) is 5.08. The number of fused-ring (bicyclic) bond motifs is 1. The molecule has 0 radical (unpaired) electrons. The van der Waals surface area contributed by atoms with E-state index in [9.17, 15) is 0 Å². The van der Waals surface area contributed by atoms with Gasteiger partial charge in [0.1, 0.15) is 17.0 Å². The van der Waals surface area contributed by atoms with Gasteiger partial charge in [-0.25, -0.2) is 19.6 Å². The van der Waals surface area contributed by atoms with Crippen molar-refractivity contribution in [2.75, 3.05) is 18.0 Å². The highest BCUT2D eigenvalue weighted by Gasteiger charge is 2.18. The molecule has 2 aromatic heterocycles. The number of rotatable bonds is 2. The van der Waals surface area contributed by atoms with Crippen molar-refractivity contribution in [2.24, 2.45) is 0 Å². The van der Waals surface area contributed by atoms with E-state index in [0.717, 1.165) is 23.7 Å². The summed E-state index contributed by atoms with van der Waals surface area (Å²) in [4.78, 5) is 30.9. The van der Waals surface area contributed by atoms with Gasteiger partial charge in [-0.15, -0.1) is 11.3 Å². The molecule has 1 fully saturated rings. The molecule has 1 aromatic carbocycles. The Morgan fingerprint density at radius 3 is 2.17 bits per heavy atom. The molecule has 2 N–H and O–H groups in total. The number of carbonyl (C=O) groups is 2. The molecule has 3 heterocycles. The van der Waals surface area contributed by atoms with Crippen LogP contribution in [0.2, 0.25) is 0 Å². The lowest BCUT2D eigenvalue weighted by molar-refractivity contribution is -0.159. The molecule has 0 unspecified atom stereocenters. The quantitative estimate of drug-likeness (QED) is 0.607. The number of thiophene rings is 1. The number of aryl methyl sites for hydroxylation is 1. The van der Waals surface area contributed by atoms with E-state index in [1.165, 1.54) is 47.8 Å². The number of aromatic nitrogens is 2. The summed E-state index contributed by atoms with van der Waals surface area (Å²) in [7, 11) is 0. The Kier molecular flexibility index (Phi) is 6.77. The van der Waals surface area contributed by atoms with Crippen molar-refractivity contribution >= 4 is 39.3 Å². The van der Waals surface area contributed by atoms with Crippen LogP contribution in [0.4, 0.5) is 5.82 Å². The second-order valence-corrected chi connectivity index (χ2v) is 7.76. The number of aliphatic carboxylic acids is 2. The summed E-state index contributed by atoms with van der Waals surface area (Å²) in [5, 5.41) is 18.2. The fraction of sp³-hybridized carbons (Fsp3) is 0.333. The lowest BCUT2D eigenvalue weighted by Crippen LogP contribution is -2.25. The fourth-order valence-electron chi connectivity index (χ4n) is 3.33. The Bertz CT molecular complexity index is 981. The van der Waals surface area contributed by atoms with Crippen LogP contribution in [0.3, 0.4) is 0 Å². The average molecular weight is 413 g/mol. The highest BCUT2D eigenvalue weighted by molar-refractivity contribution is 7.17. The van der Waals surface area contributed by atoms with Gasteiger partial charge < -0.3 is 15.1 Å². The van der Waals surface area contributed by atoms with E-state index < -0.39 is 11.9 Å². The van der Waals surface area contributed by atoms with Gasteiger partial charge in [0.2, 0.25) is 0 Å². The molecular weight excluding hydrogens is 390 g/mol. The van der Waals surface area contributed by atoms with Gasteiger partial charge in [-0.05, 0) is 25.3 Å². The molecule has 29 heavy (non-hydrogen) atoms. The van der Waals surface area contributed by atoms with Crippen molar-refractivity contribution in [1.82, 2.24) is 9.97 Å². The normalized spacial score (nSPS) is 14.0. The van der Waals surface area contributed by atoms with Gasteiger partial charge in [-0.3, -0.25) is 0 Å². The van der Waals surface area contributed by atoms with Gasteiger partial charge in [-0.2, -0.15) is 0 Å². The maximum absolute atomic E-state index is 9.10. The zero-order valence-corrected chi connectivity index (χ0v) is 17.0. The van der Waals surface area contributed by atoms with Crippen LogP contribution in [-0.2, 0) is 9.59 Å². The molecule has 3 aromatic rings. The summed E-state index contributed by atoms with van der Waals surface area (Å²) in [6.45, 7) is 4.34. The van der Waals surface area contributed by atoms with E-state index >= 15 is 0 Å². The van der Waals surface area contributed by atoms with Gasteiger partial charge in [0.25, 0.3) is 0 Å². The molecule has 0 atom stereocenters. The number of benzene rings is 1. The Morgan fingerprint density at radius 2 is 1.59 bits per heavy atom. The molecule has 7 nitrogen and oxygen atoms in total. The highest BCUT2D eigenvalue weighted by atomic mass is 32.1. The van der Waals surface area contributed by atoms with Crippen molar-refractivity contribution in [2.45, 2.75) is 32.6 Å². The molecular formula is C21H23N3O4S. The van der Waals surface area contributed by atoms with Crippen LogP contribution in [0.1, 0.15) is 31.2 Å². The van der Waals surface area contributed by atoms with E-state index in [2.05, 4.69) is 51.4 Å². The topological polar surface area (TPSA) is 104 Å². The first-order valence-corrected chi connectivity index (χ1v) is 10.4. The highest BCUT2D eigenvalue weighted by Crippen LogP contribution is 2.38.